The first-order valence-electron chi connectivity index (χ1n) is 4.73. The summed E-state index contributed by atoms with van der Waals surface area (Å²) in [5, 5.41) is 0. The number of ether oxygens (including phenoxy) is 2. The van der Waals surface area contributed by atoms with Crippen LogP contribution in [0.15, 0.2) is 15.9 Å². The van der Waals surface area contributed by atoms with Crippen LogP contribution in [0.5, 0.6) is 0 Å². The summed E-state index contributed by atoms with van der Waals surface area (Å²) in [6.07, 6.45) is 0.510. The van der Waals surface area contributed by atoms with Crippen LogP contribution >= 0.6 is 27.3 Å². The van der Waals surface area contributed by atoms with Gasteiger partial charge in [0.15, 0.2) is 6.29 Å². The Morgan fingerprint density at radius 1 is 1.47 bits per heavy atom. The number of Topliss-reactive ketones (excluding diaryl/α,β-unsaturated/α-hetero) is 1. The summed E-state index contributed by atoms with van der Waals surface area (Å²) >= 11 is 4.96. The normalized spacial score (nSPS) is 17.1. The molecule has 0 aliphatic carbocycles. The second kappa shape index (κ2) is 5.21. The molecule has 0 radical (unpaired) electrons. The molecule has 1 aromatic heterocycles. The first-order valence-corrected chi connectivity index (χ1v) is 6.34. The van der Waals surface area contributed by atoms with Crippen LogP contribution in [0.2, 0.25) is 0 Å². The molecule has 0 atom stereocenters. The van der Waals surface area contributed by atoms with Crippen molar-refractivity contribution in [3.05, 3.63) is 20.8 Å². The Labute approximate surface area is 101 Å². The van der Waals surface area contributed by atoms with Crippen molar-refractivity contribution in [2.24, 2.45) is 0 Å². The Bertz CT molecular complexity index is 344. The Balaban J connectivity index is 1.81. The lowest BCUT2D eigenvalue weighted by atomic mass is 10.2. The van der Waals surface area contributed by atoms with E-state index >= 15 is 0 Å². The fraction of sp³-hybridized carbons (Fsp3) is 0.500. The number of thiophene rings is 1. The van der Waals surface area contributed by atoms with Crippen molar-refractivity contribution >= 4 is 33.0 Å². The Kier molecular flexibility index (Phi) is 3.91. The van der Waals surface area contributed by atoms with E-state index in [0.29, 0.717) is 26.1 Å². The number of hydrogen-bond acceptors (Lipinski definition) is 4. The number of rotatable bonds is 4. The lowest BCUT2D eigenvalue weighted by Gasteiger charge is -2.06. The predicted octanol–water partition coefficient (Wildman–Crippen LogP) is 2.39. The molecule has 0 aromatic carbocycles. The van der Waals surface area contributed by atoms with Crippen LogP contribution in [-0.2, 0) is 20.7 Å². The zero-order chi connectivity index (χ0) is 10.7. The molecule has 2 heterocycles. The molecule has 0 saturated carbocycles. The van der Waals surface area contributed by atoms with Gasteiger partial charge in [0.2, 0.25) is 0 Å². The number of halogens is 1. The van der Waals surface area contributed by atoms with Gasteiger partial charge in [0.25, 0.3) is 0 Å². The van der Waals surface area contributed by atoms with E-state index in [1.807, 2.05) is 12.1 Å². The SMILES string of the molecule is O=C(Cc1ccc(Br)s1)CC1OCCO1. The summed E-state index contributed by atoms with van der Waals surface area (Å²) in [5.74, 6) is 0.163. The zero-order valence-electron chi connectivity index (χ0n) is 8.07. The zero-order valence-corrected chi connectivity index (χ0v) is 10.5. The van der Waals surface area contributed by atoms with Gasteiger partial charge in [0.05, 0.1) is 23.4 Å². The summed E-state index contributed by atoms with van der Waals surface area (Å²) < 4.78 is 11.5. The molecular formula is C10H11BrO3S. The molecule has 0 amide bonds. The number of carbonyl (C=O) groups excluding carboxylic acids is 1. The van der Waals surface area contributed by atoms with Crippen LogP contribution in [0, 0.1) is 0 Å². The van der Waals surface area contributed by atoms with Gasteiger partial charge in [-0.1, -0.05) is 0 Å². The Morgan fingerprint density at radius 2 is 2.20 bits per heavy atom. The van der Waals surface area contributed by atoms with E-state index in [4.69, 9.17) is 9.47 Å². The van der Waals surface area contributed by atoms with Gasteiger partial charge in [-0.25, -0.2) is 0 Å². The molecule has 0 spiro atoms. The van der Waals surface area contributed by atoms with Gasteiger partial charge in [0, 0.05) is 11.3 Å². The molecule has 0 unspecified atom stereocenters. The van der Waals surface area contributed by atoms with Crippen molar-refractivity contribution in [3.63, 3.8) is 0 Å². The molecule has 0 N–H and O–H groups in total. The van der Waals surface area contributed by atoms with Crippen LogP contribution in [0.25, 0.3) is 0 Å². The standard InChI is InChI=1S/C10H11BrO3S/c11-9-2-1-8(15-9)5-7(12)6-10-13-3-4-14-10/h1-2,10H,3-6H2. The topological polar surface area (TPSA) is 35.5 Å². The van der Waals surface area contributed by atoms with E-state index in [9.17, 15) is 4.79 Å². The smallest absolute Gasteiger partial charge is 0.164 e. The van der Waals surface area contributed by atoms with Crippen LogP contribution in [0.4, 0.5) is 0 Å². The third-order valence-electron chi connectivity index (χ3n) is 2.09. The first-order chi connectivity index (χ1) is 7.24. The number of carbonyl (C=O) groups is 1. The molecule has 3 nitrogen and oxygen atoms in total. The Hall–Kier alpha value is -0.230. The van der Waals surface area contributed by atoms with E-state index in [2.05, 4.69) is 15.9 Å². The van der Waals surface area contributed by atoms with E-state index in [-0.39, 0.29) is 12.1 Å². The molecular weight excluding hydrogens is 280 g/mol. The van der Waals surface area contributed by atoms with Crippen LogP contribution < -0.4 is 0 Å². The summed E-state index contributed by atoms with van der Waals surface area (Å²) in [4.78, 5) is 12.7. The van der Waals surface area contributed by atoms with Crippen molar-refractivity contribution in [3.8, 4) is 0 Å². The maximum Gasteiger partial charge on any atom is 0.164 e. The van der Waals surface area contributed by atoms with Crippen molar-refractivity contribution in [1.82, 2.24) is 0 Å². The van der Waals surface area contributed by atoms with E-state index in [0.717, 1.165) is 8.66 Å². The van der Waals surface area contributed by atoms with Crippen molar-refractivity contribution < 1.29 is 14.3 Å². The molecule has 1 saturated heterocycles. The third-order valence-corrected chi connectivity index (χ3v) is 3.71. The van der Waals surface area contributed by atoms with Crippen LogP contribution in [-0.4, -0.2) is 25.3 Å². The fourth-order valence-electron chi connectivity index (χ4n) is 1.42. The highest BCUT2D eigenvalue weighted by Crippen LogP contribution is 2.23. The molecule has 15 heavy (non-hydrogen) atoms. The van der Waals surface area contributed by atoms with Gasteiger partial charge in [-0.05, 0) is 28.1 Å². The summed E-state index contributed by atoms with van der Waals surface area (Å²) in [6.45, 7) is 1.20. The number of hydrogen-bond donors (Lipinski definition) is 0. The van der Waals surface area contributed by atoms with E-state index in [1.54, 1.807) is 11.3 Å². The highest BCUT2D eigenvalue weighted by Gasteiger charge is 2.19. The van der Waals surface area contributed by atoms with Gasteiger partial charge in [-0.3, -0.25) is 4.79 Å². The second-order valence-electron chi connectivity index (χ2n) is 3.30. The van der Waals surface area contributed by atoms with Crippen LogP contribution in [0.3, 0.4) is 0 Å². The van der Waals surface area contributed by atoms with Gasteiger partial charge < -0.3 is 9.47 Å². The molecule has 2 rings (SSSR count). The second-order valence-corrected chi connectivity index (χ2v) is 5.84. The van der Waals surface area contributed by atoms with Crippen molar-refractivity contribution in [2.75, 3.05) is 13.2 Å². The molecule has 1 aliphatic heterocycles. The van der Waals surface area contributed by atoms with Gasteiger partial charge in [-0.15, -0.1) is 11.3 Å². The van der Waals surface area contributed by atoms with Crippen molar-refractivity contribution in [1.29, 1.82) is 0 Å². The maximum absolute atomic E-state index is 11.6. The van der Waals surface area contributed by atoms with Crippen LogP contribution in [0.1, 0.15) is 11.3 Å². The lowest BCUT2D eigenvalue weighted by molar-refractivity contribution is -0.126. The minimum absolute atomic E-state index is 0.163. The monoisotopic (exact) mass is 290 g/mol. The molecule has 1 aromatic rings. The summed E-state index contributed by atoms with van der Waals surface area (Å²) in [5.41, 5.74) is 0. The average molecular weight is 291 g/mol. The van der Waals surface area contributed by atoms with Gasteiger partial charge in [0.1, 0.15) is 5.78 Å². The maximum atomic E-state index is 11.6. The lowest BCUT2D eigenvalue weighted by Crippen LogP contribution is -2.15. The van der Waals surface area contributed by atoms with Gasteiger partial charge in [-0.2, -0.15) is 0 Å². The number of ketones is 1. The molecule has 82 valence electrons. The quantitative estimate of drug-likeness (QED) is 0.854. The van der Waals surface area contributed by atoms with E-state index in [1.165, 1.54) is 0 Å². The molecule has 1 fully saturated rings. The fourth-order valence-corrected chi connectivity index (χ4v) is 2.94. The van der Waals surface area contributed by atoms with Gasteiger partial charge >= 0.3 is 0 Å². The summed E-state index contributed by atoms with van der Waals surface area (Å²) in [6, 6.07) is 3.92. The largest absolute Gasteiger partial charge is 0.350 e. The average Bonchev–Trinajstić information content (AvgIpc) is 2.77. The molecule has 5 heteroatoms. The third kappa shape index (κ3) is 3.38. The molecule has 1 aliphatic rings. The highest BCUT2D eigenvalue weighted by molar-refractivity contribution is 9.11. The summed E-state index contributed by atoms with van der Waals surface area (Å²) in [7, 11) is 0. The molecule has 0 bridgehead atoms. The minimum Gasteiger partial charge on any atom is -0.350 e. The minimum atomic E-state index is -0.319. The van der Waals surface area contributed by atoms with Crippen molar-refractivity contribution in [2.45, 2.75) is 19.1 Å². The first kappa shape index (κ1) is 11.3. The van der Waals surface area contributed by atoms with E-state index < -0.39 is 0 Å². The highest BCUT2D eigenvalue weighted by atomic mass is 79.9. The Morgan fingerprint density at radius 3 is 2.80 bits per heavy atom. The predicted molar refractivity (Wildman–Crippen MR) is 61.0 cm³/mol.